The van der Waals surface area contributed by atoms with E-state index in [4.69, 9.17) is 4.74 Å². The quantitative estimate of drug-likeness (QED) is 0.560. The number of piperidine rings is 1. The third-order valence-electron chi connectivity index (χ3n) is 7.60. The zero-order chi connectivity index (χ0) is 25.0. The van der Waals surface area contributed by atoms with E-state index in [1.54, 1.807) is 4.90 Å². The van der Waals surface area contributed by atoms with Crippen LogP contribution in [0, 0.1) is 0 Å². The minimum Gasteiger partial charge on any atom is -0.481 e. The molecule has 35 heavy (non-hydrogen) atoms. The largest absolute Gasteiger partial charge is 0.481 e. The van der Waals surface area contributed by atoms with Crippen molar-refractivity contribution in [1.29, 1.82) is 0 Å². The van der Waals surface area contributed by atoms with Crippen LogP contribution in [-0.2, 0) is 14.3 Å². The number of nitrogens with zero attached hydrogens (tertiary/aromatic N) is 1. The van der Waals surface area contributed by atoms with Gasteiger partial charge in [0.1, 0.15) is 12.1 Å². The number of carboxylic acids is 1. The summed E-state index contributed by atoms with van der Waals surface area (Å²) >= 11 is 0. The number of carboxylic acid groups (broad SMARTS) is 1. The van der Waals surface area contributed by atoms with Crippen LogP contribution in [0.3, 0.4) is 0 Å². The highest BCUT2D eigenvalue weighted by atomic mass is 16.5. The van der Waals surface area contributed by atoms with Crippen LogP contribution < -0.4 is 5.32 Å². The second kappa shape index (κ2) is 10.5. The molecule has 0 saturated carbocycles. The van der Waals surface area contributed by atoms with Gasteiger partial charge in [-0.3, -0.25) is 9.59 Å². The summed E-state index contributed by atoms with van der Waals surface area (Å²) in [5.41, 5.74) is 3.42. The van der Waals surface area contributed by atoms with E-state index in [1.165, 1.54) is 0 Å². The second-order valence-corrected chi connectivity index (χ2v) is 9.49. The fourth-order valence-corrected chi connectivity index (χ4v) is 5.57. The molecule has 1 aliphatic heterocycles. The van der Waals surface area contributed by atoms with Crippen LogP contribution in [0.4, 0.5) is 4.79 Å². The summed E-state index contributed by atoms with van der Waals surface area (Å²) < 4.78 is 5.71. The number of hydrogen-bond donors (Lipinski definition) is 2. The average Bonchev–Trinajstić information content (AvgIpc) is 3.19. The lowest BCUT2D eigenvalue weighted by Crippen LogP contribution is -2.62. The number of amides is 2. The first kappa shape index (κ1) is 24.8. The number of carbonyl (C=O) groups is 3. The van der Waals surface area contributed by atoms with Gasteiger partial charge in [0.05, 0.1) is 6.42 Å². The van der Waals surface area contributed by atoms with Crippen LogP contribution in [-0.4, -0.2) is 52.7 Å². The van der Waals surface area contributed by atoms with Gasteiger partial charge < -0.3 is 20.1 Å². The molecule has 7 heteroatoms. The fourth-order valence-electron chi connectivity index (χ4n) is 5.57. The number of hydrogen-bond acceptors (Lipinski definition) is 4. The number of aliphatic carboxylic acids is 1. The second-order valence-electron chi connectivity index (χ2n) is 9.49. The maximum absolute atomic E-state index is 13.7. The number of ether oxygens (including phenoxy) is 1. The molecule has 1 aliphatic carbocycles. The number of fused-ring (bicyclic) bond motifs is 3. The number of nitrogens with one attached hydrogen (secondary N) is 1. The van der Waals surface area contributed by atoms with Crippen LogP contribution in [0.2, 0.25) is 0 Å². The number of benzene rings is 2. The Bertz CT molecular complexity index is 1050. The Hall–Kier alpha value is -3.35. The van der Waals surface area contributed by atoms with Gasteiger partial charge in [0.15, 0.2) is 0 Å². The molecule has 2 amide bonds. The van der Waals surface area contributed by atoms with Crippen molar-refractivity contribution in [1.82, 2.24) is 10.2 Å². The topological polar surface area (TPSA) is 95.9 Å². The van der Waals surface area contributed by atoms with Gasteiger partial charge in [-0.1, -0.05) is 62.4 Å². The maximum atomic E-state index is 13.7. The summed E-state index contributed by atoms with van der Waals surface area (Å²) in [5.74, 6) is -1.21. The highest BCUT2D eigenvalue weighted by Crippen LogP contribution is 2.44. The zero-order valence-electron chi connectivity index (χ0n) is 20.5. The number of rotatable bonds is 8. The standard InChI is InChI=1S/C28H34N2O5/c1-3-28(4-2,26(33)30-16-10-9-11-19(30)17-25(31)32)29-27(34)35-18-24-22-14-7-5-12-20(22)21-13-6-8-15-23(21)24/h5-8,12-15,19,24H,3-4,9-11,16-18H2,1-2H3,(H,29,34)(H,31,32)/t19-/m0/s1. The van der Waals surface area contributed by atoms with Crippen LogP contribution in [0.1, 0.15) is 69.4 Å². The Morgan fingerprint density at radius 1 is 1.00 bits per heavy atom. The first-order chi connectivity index (χ1) is 16.9. The first-order valence-corrected chi connectivity index (χ1v) is 12.6. The SMILES string of the molecule is CCC(CC)(NC(=O)OCC1c2ccccc2-c2ccccc21)C(=O)N1CCCC[C@H]1CC(=O)O. The van der Waals surface area contributed by atoms with Gasteiger partial charge >= 0.3 is 12.1 Å². The van der Waals surface area contributed by atoms with Crippen molar-refractivity contribution < 1.29 is 24.2 Å². The minimum absolute atomic E-state index is 0.0662. The van der Waals surface area contributed by atoms with E-state index < -0.39 is 17.6 Å². The Morgan fingerprint density at radius 2 is 1.60 bits per heavy atom. The van der Waals surface area contributed by atoms with E-state index in [2.05, 4.69) is 29.6 Å². The third-order valence-corrected chi connectivity index (χ3v) is 7.60. The van der Waals surface area contributed by atoms with Crippen molar-refractivity contribution >= 4 is 18.0 Å². The van der Waals surface area contributed by atoms with E-state index in [1.807, 2.05) is 38.1 Å². The molecule has 1 heterocycles. The highest BCUT2D eigenvalue weighted by Gasteiger charge is 2.43. The van der Waals surface area contributed by atoms with E-state index in [9.17, 15) is 19.5 Å². The summed E-state index contributed by atoms with van der Waals surface area (Å²) in [5, 5.41) is 12.2. The van der Waals surface area contributed by atoms with Gasteiger partial charge in [-0.25, -0.2) is 4.79 Å². The first-order valence-electron chi connectivity index (χ1n) is 12.6. The van der Waals surface area contributed by atoms with E-state index in [-0.39, 0.29) is 30.9 Å². The minimum atomic E-state index is -1.13. The van der Waals surface area contributed by atoms with Crippen molar-refractivity contribution in [2.45, 2.75) is 69.9 Å². The molecule has 4 rings (SSSR count). The molecule has 0 aromatic heterocycles. The predicted octanol–water partition coefficient (Wildman–Crippen LogP) is 4.94. The normalized spacial score (nSPS) is 17.4. The monoisotopic (exact) mass is 478 g/mol. The molecular formula is C28H34N2O5. The Balaban J connectivity index is 1.47. The molecule has 2 aromatic rings. The summed E-state index contributed by atoms with van der Waals surface area (Å²) in [6, 6.07) is 15.9. The van der Waals surface area contributed by atoms with E-state index in [0.717, 1.165) is 35.1 Å². The number of likely N-dealkylation sites (tertiary alicyclic amines) is 1. The lowest BCUT2D eigenvalue weighted by molar-refractivity contribution is -0.146. The predicted molar refractivity (Wildman–Crippen MR) is 133 cm³/mol. The maximum Gasteiger partial charge on any atom is 0.408 e. The van der Waals surface area contributed by atoms with Crippen LogP contribution >= 0.6 is 0 Å². The molecule has 2 aromatic carbocycles. The lowest BCUT2D eigenvalue weighted by atomic mass is 9.88. The highest BCUT2D eigenvalue weighted by molar-refractivity contribution is 5.90. The van der Waals surface area contributed by atoms with Crippen molar-refractivity contribution in [3.05, 3.63) is 59.7 Å². The van der Waals surface area contributed by atoms with Crippen LogP contribution in [0.25, 0.3) is 11.1 Å². The zero-order valence-corrected chi connectivity index (χ0v) is 20.5. The molecule has 1 atom stereocenters. The van der Waals surface area contributed by atoms with Gasteiger partial charge in [-0.15, -0.1) is 0 Å². The van der Waals surface area contributed by atoms with Crippen LogP contribution in [0.5, 0.6) is 0 Å². The molecule has 186 valence electrons. The Kier molecular flexibility index (Phi) is 7.43. The summed E-state index contributed by atoms with van der Waals surface area (Å²) in [6.45, 7) is 4.40. The van der Waals surface area contributed by atoms with Gasteiger partial charge in [-0.2, -0.15) is 0 Å². The van der Waals surface area contributed by atoms with E-state index in [0.29, 0.717) is 25.8 Å². The van der Waals surface area contributed by atoms with Crippen molar-refractivity contribution in [2.24, 2.45) is 0 Å². The molecular weight excluding hydrogens is 444 g/mol. The molecule has 1 fully saturated rings. The van der Waals surface area contributed by atoms with Gasteiger partial charge in [0.2, 0.25) is 5.91 Å². The smallest absolute Gasteiger partial charge is 0.408 e. The van der Waals surface area contributed by atoms with Crippen molar-refractivity contribution in [3.8, 4) is 11.1 Å². The van der Waals surface area contributed by atoms with Gasteiger partial charge in [0.25, 0.3) is 0 Å². The Morgan fingerprint density at radius 3 is 2.17 bits per heavy atom. The van der Waals surface area contributed by atoms with Gasteiger partial charge in [-0.05, 0) is 54.4 Å². The third kappa shape index (κ3) is 4.90. The summed E-state index contributed by atoms with van der Waals surface area (Å²) in [7, 11) is 0. The molecule has 0 bridgehead atoms. The molecule has 2 N–H and O–H groups in total. The molecule has 0 spiro atoms. The van der Waals surface area contributed by atoms with Crippen LogP contribution in [0.15, 0.2) is 48.5 Å². The van der Waals surface area contributed by atoms with Crippen molar-refractivity contribution in [2.75, 3.05) is 13.2 Å². The van der Waals surface area contributed by atoms with Gasteiger partial charge in [0, 0.05) is 18.5 Å². The Labute approximate surface area is 206 Å². The molecule has 0 unspecified atom stereocenters. The lowest BCUT2D eigenvalue weighted by Gasteiger charge is -2.42. The molecule has 7 nitrogen and oxygen atoms in total. The number of alkyl carbamates (subject to hydrolysis) is 1. The van der Waals surface area contributed by atoms with E-state index >= 15 is 0 Å². The average molecular weight is 479 g/mol. The molecule has 1 saturated heterocycles. The van der Waals surface area contributed by atoms with Crippen molar-refractivity contribution in [3.63, 3.8) is 0 Å². The molecule has 0 radical (unpaired) electrons. The fraction of sp³-hybridized carbons (Fsp3) is 0.464. The molecule has 2 aliphatic rings. The summed E-state index contributed by atoms with van der Waals surface area (Å²) in [6.07, 6.45) is 2.46. The number of carbonyl (C=O) groups excluding carboxylic acids is 2. The summed E-state index contributed by atoms with van der Waals surface area (Å²) in [4.78, 5) is 39.7.